The Morgan fingerprint density at radius 2 is 1.76 bits per heavy atom. The summed E-state index contributed by atoms with van der Waals surface area (Å²) in [5.74, 6) is 0.836. The lowest BCUT2D eigenvalue weighted by molar-refractivity contribution is 0.341. The fourth-order valence-corrected chi connectivity index (χ4v) is 2.75. The number of hydrogen-bond donors (Lipinski definition) is 1. The summed E-state index contributed by atoms with van der Waals surface area (Å²) in [7, 11) is 0. The molecule has 1 heterocycles. The number of hydrogen-bond acceptors (Lipinski definition) is 5. The van der Waals surface area contributed by atoms with Crippen LogP contribution in [0, 0.1) is 0 Å². The fourth-order valence-electron chi connectivity index (χ4n) is 1.95. The van der Waals surface area contributed by atoms with Crippen molar-refractivity contribution >= 4 is 22.2 Å². The van der Waals surface area contributed by atoms with E-state index in [0.29, 0.717) is 6.61 Å². The first-order valence-corrected chi connectivity index (χ1v) is 7.56. The summed E-state index contributed by atoms with van der Waals surface area (Å²) in [6.45, 7) is 2.60. The molecule has 106 valence electrons. The minimum absolute atomic E-state index is 0.630. The summed E-state index contributed by atoms with van der Waals surface area (Å²) in [5, 5.41) is 13.3. The SMILES string of the molecule is CCOc1ccccc1-c1nnc(Nc2ccccc2)s1. The normalized spacial score (nSPS) is 10.3. The third-order valence-corrected chi connectivity index (χ3v) is 3.74. The first-order chi connectivity index (χ1) is 10.4. The summed E-state index contributed by atoms with van der Waals surface area (Å²) in [6, 6.07) is 17.8. The molecule has 0 atom stereocenters. The predicted molar refractivity (Wildman–Crippen MR) is 86.2 cm³/mol. The molecule has 0 aliphatic rings. The van der Waals surface area contributed by atoms with Gasteiger partial charge in [-0.3, -0.25) is 0 Å². The zero-order chi connectivity index (χ0) is 14.5. The summed E-state index contributed by atoms with van der Waals surface area (Å²) >= 11 is 1.51. The van der Waals surface area contributed by atoms with Crippen LogP contribution in [0.4, 0.5) is 10.8 Å². The highest BCUT2D eigenvalue weighted by Gasteiger charge is 2.11. The number of ether oxygens (including phenoxy) is 1. The monoisotopic (exact) mass is 297 g/mol. The number of anilines is 2. The first-order valence-electron chi connectivity index (χ1n) is 6.74. The molecule has 0 saturated heterocycles. The van der Waals surface area contributed by atoms with E-state index in [1.54, 1.807) is 0 Å². The van der Waals surface area contributed by atoms with Crippen LogP contribution in [-0.4, -0.2) is 16.8 Å². The molecule has 3 aromatic rings. The van der Waals surface area contributed by atoms with Crippen molar-refractivity contribution in [2.45, 2.75) is 6.92 Å². The predicted octanol–water partition coefficient (Wildman–Crippen LogP) is 4.35. The number of benzene rings is 2. The Balaban J connectivity index is 1.85. The number of rotatable bonds is 5. The summed E-state index contributed by atoms with van der Waals surface area (Å²) < 4.78 is 5.64. The minimum atomic E-state index is 0.630. The molecule has 0 saturated carbocycles. The van der Waals surface area contributed by atoms with Gasteiger partial charge in [0.25, 0.3) is 0 Å². The number of para-hydroxylation sites is 2. The van der Waals surface area contributed by atoms with Crippen molar-refractivity contribution in [3.63, 3.8) is 0 Å². The maximum absolute atomic E-state index is 5.64. The largest absolute Gasteiger partial charge is 0.493 e. The molecule has 3 rings (SSSR count). The van der Waals surface area contributed by atoms with Crippen LogP contribution in [-0.2, 0) is 0 Å². The third kappa shape index (κ3) is 3.20. The number of nitrogens with zero attached hydrogens (tertiary/aromatic N) is 2. The molecule has 5 heteroatoms. The van der Waals surface area contributed by atoms with Gasteiger partial charge in [0, 0.05) is 5.69 Å². The molecule has 0 radical (unpaired) electrons. The summed E-state index contributed by atoms with van der Waals surface area (Å²) in [5.41, 5.74) is 1.97. The molecule has 0 amide bonds. The van der Waals surface area contributed by atoms with Crippen LogP contribution < -0.4 is 10.1 Å². The Morgan fingerprint density at radius 3 is 2.57 bits per heavy atom. The zero-order valence-electron chi connectivity index (χ0n) is 11.6. The molecule has 0 fully saturated rings. The lowest BCUT2D eigenvalue weighted by Crippen LogP contribution is -1.93. The highest BCUT2D eigenvalue weighted by Crippen LogP contribution is 2.34. The molecule has 1 aromatic heterocycles. The third-order valence-electron chi connectivity index (χ3n) is 2.87. The summed E-state index contributed by atoms with van der Waals surface area (Å²) in [6.07, 6.45) is 0. The highest BCUT2D eigenvalue weighted by molar-refractivity contribution is 7.18. The van der Waals surface area contributed by atoms with E-state index >= 15 is 0 Å². The maximum atomic E-state index is 5.64. The minimum Gasteiger partial charge on any atom is -0.493 e. The quantitative estimate of drug-likeness (QED) is 0.760. The van der Waals surface area contributed by atoms with Crippen LogP contribution in [0.15, 0.2) is 54.6 Å². The van der Waals surface area contributed by atoms with Gasteiger partial charge in [0.1, 0.15) is 5.75 Å². The average molecular weight is 297 g/mol. The molecule has 21 heavy (non-hydrogen) atoms. The van der Waals surface area contributed by atoms with Crippen molar-refractivity contribution in [3.05, 3.63) is 54.6 Å². The van der Waals surface area contributed by atoms with E-state index < -0.39 is 0 Å². The standard InChI is InChI=1S/C16H15N3OS/c1-2-20-14-11-7-6-10-13(14)15-18-19-16(21-15)17-12-8-4-3-5-9-12/h3-11H,2H2,1H3,(H,17,19). The Labute approximate surface area is 127 Å². The van der Waals surface area contributed by atoms with E-state index in [4.69, 9.17) is 4.74 Å². The lowest BCUT2D eigenvalue weighted by Gasteiger charge is -2.06. The molecule has 0 bridgehead atoms. The van der Waals surface area contributed by atoms with E-state index in [2.05, 4.69) is 15.5 Å². The van der Waals surface area contributed by atoms with E-state index in [9.17, 15) is 0 Å². The Hall–Kier alpha value is -2.40. The van der Waals surface area contributed by atoms with Gasteiger partial charge in [0.2, 0.25) is 5.13 Å². The average Bonchev–Trinajstić information content (AvgIpc) is 2.97. The van der Waals surface area contributed by atoms with Gasteiger partial charge in [-0.05, 0) is 31.2 Å². The Bertz CT molecular complexity index is 712. The van der Waals surface area contributed by atoms with E-state index in [1.807, 2.05) is 61.5 Å². The van der Waals surface area contributed by atoms with Crippen molar-refractivity contribution in [3.8, 4) is 16.3 Å². The van der Waals surface area contributed by atoms with Gasteiger partial charge >= 0.3 is 0 Å². The van der Waals surface area contributed by atoms with Crippen LogP contribution in [0.1, 0.15) is 6.92 Å². The maximum Gasteiger partial charge on any atom is 0.210 e. The van der Waals surface area contributed by atoms with Gasteiger partial charge in [0.15, 0.2) is 5.01 Å². The van der Waals surface area contributed by atoms with Crippen molar-refractivity contribution in [1.29, 1.82) is 0 Å². The van der Waals surface area contributed by atoms with E-state index in [-0.39, 0.29) is 0 Å². The molecule has 0 aliphatic heterocycles. The molecule has 1 N–H and O–H groups in total. The molecule has 2 aromatic carbocycles. The second kappa shape index (κ2) is 6.37. The van der Waals surface area contributed by atoms with Crippen LogP contribution in [0.5, 0.6) is 5.75 Å². The van der Waals surface area contributed by atoms with Gasteiger partial charge in [-0.2, -0.15) is 0 Å². The second-order valence-electron chi connectivity index (χ2n) is 4.33. The molecular formula is C16H15N3OS. The lowest BCUT2D eigenvalue weighted by atomic mass is 10.2. The molecule has 0 aliphatic carbocycles. The van der Waals surface area contributed by atoms with Gasteiger partial charge in [-0.25, -0.2) is 0 Å². The topological polar surface area (TPSA) is 47.0 Å². The number of nitrogens with one attached hydrogen (secondary N) is 1. The van der Waals surface area contributed by atoms with Crippen molar-refractivity contribution in [1.82, 2.24) is 10.2 Å². The first kappa shape index (κ1) is 13.6. The Morgan fingerprint density at radius 1 is 1.00 bits per heavy atom. The van der Waals surface area contributed by atoms with E-state index in [1.165, 1.54) is 11.3 Å². The van der Waals surface area contributed by atoms with Crippen LogP contribution in [0.25, 0.3) is 10.6 Å². The van der Waals surface area contributed by atoms with Gasteiger partial charge in [0.05, 0.1) is 12.2 Å². The van der Waals surface area contributed by atoms with Crippen molar-refractivity contribution in [2.75, 3.05) is 11.9 Å². The smallest absolute Gasteiger partial charge is 0.210 e. The highest BCUT2D eigenvalue weighted by atomic mass is 32.1. The van der Waals surface area contributed by atoms with Crippen LogP contribution in [0.2, 0.25) is 0 Å². The van der Waals surface area contributed by atoms with Gasteiger partial charge < -0.3 is 10.1 Å². The molecule has 0 unspecified atom stereocenters. The molecule has 4 nitrogen and oxygen atoms in total. The van der Waals surface area contributed by atoms with Gasteiger partial charge in [-0.15, -0.1) is 10.2 Å². The van der Waals surface area contributed by atoms with Gasteiger partial charge in [-0.1, -0.05) is 41.7 Å². The summed E-state index contributed by atoms with van der Waals surface area (Å²) in [4.78, 5) is 0. The Kier molecular flexibility index (Phi) is 4.12. The molecule has 0 spiro atoms. The second-order valence-corrected chi connectivity index (χ2v) is 5.31. The van der Waals surface area contributed by atoms with Crippen LogP contribution in [0.3, 0.4) is 0 Å². The fraction of sp³-hybridized carbons (Fsp3) is 0.125. The number of aromatic nitrogens is 2. The van der Waals surface area contributed by atoms with Crippen LogP contribution >= 0.6 is 11.3 Å². The van der Waals surface area contributed by atoms with Crippen molar-refractivity contribution in [2.24, 2.45) is 0 Å². The van der Waals surface area contributed by atoms with Crippen molar-refractivity contribution < 1.29 is 4.74 Å². The zero-order valence-corrected chi connectivity index (χ0v) is 12.4. The molecular weight excluding hydrogens is 282 g/mol. The van der Waals surface area contributed by atoms with E-state index in [0.717, 1.165) is 27.1 Å².